The number of hydrogen-bond acceptors (Lipinski definition) is 5. The molecule has 5 heteroatoms. The molecule has 2 heterocycles. The predicted octanol–water partition coefficient (Wildman–Crippen LogP) is 5.72. The summed E-state index contributed by atoms with van der Waals surface area (Å²) < 4.78 is 0. The van der Waals surface area contributed by atoms with Gasteiger partial charge in [0.05, 0.1) is 6.04 Å². The van der Waals surface area contributed by atoms with Gasteiger partial charge in [0.25, 0.3) is 0 Å². The number of nitrogens with one attached hydrogen (secondary N) is 3. The molecule has 5 nitrogen and oxygen atoms in total. The lowest BCUT2D eigenvalue weighted by molar-refractivity contribution is 0.791. The molecule has 0 radical (unpaired) electrons. The van der Waals surface area contributed by atoms with Gasteiger partial charge in [0.15, 0.2) is 11.6 Å². The number of rotatable bonds is 4. The Bertz CT molecular complexity index is 791. The number of benzene rings is 2. The Morgan fingerprint density at radius 1 is 0.893 bits per heavy atom. The van der Waals surface area contributed by atoms with Crippen molar-refractivity contribution in [3.63, 3.8) is 0 Å². The zero-order valence-corrected chi connectivity index (χ0v) is 17.2. The first-order valence-electron chi connectivity index (χ1n) is 10.1. The number of fused-ring (bicyclic) bond motifs is 1. The minimum atomic E-state index is 0.204. The van der Waals surface area contributed by atoms with Crippen LogP contribution in [-0.2, 0) is 6.54 Å². The van der Waals surface area contributed by atoms with Gasteiger partial charge in [0.1, 0.15) is 12.0 Å². The molecule has 0 saturated carbocycles. The maximum atomic E-state index is 4.39. The number of hydrogen-bond donors (Lipinski definition) is 3. The monoisotopic (exact) mass is 377 g/mol. The fourth-order valence-corrected chi connectivity index (χ4v) is 2.88. The molecule has 1 atom stereocenters. The molecule has 0 spiro atoms. The summed E-state index contributed by atoms with van der Waals surface area (Å²) in [5, 5.41) is 10.4. The van der Waals surface area contributed by atoms with Crippen molar-refractivity contribution < 1.29 is 0 Å². The number of aromatic nitrogens is 2. The van der Waals surface area contributed by atoms with E-state index in [4.69, 9.17) is 0 Å². The standard InChI is InChI=1S/C19H19N5.2C2H6/c1-3-7-14(8-4-1)11-21-18-17-19(23-13-22-18)24-16(12-20-17)15-9-5-2-6-10-15;2*1-2/h1-10,13,16,20H,11-12H2,(H2,21,22,23,24);2*1-2H3. The summed E-state index contributed by atoms with van der Waals surface area (Å²) in [6.45, 7) is 9.53. The van der Waals surface area contributed by atoms with E-state index < -0.39 is 0 Å². The fraction of sp³-hybridized carbons (Fsp3) is 0.304. The maximum absolute atomic E-state index is 4.39. The van der Waals surface area contributed by atoms with Crippen LogP contribution in [0.4, 0.5) is 17.3 Å². The van der Waals surface area contributed by atoms with Gasteiger partial charge in [-0.25, -0.2) is 9.97 Å². The Morgan fingerprint density at radius 2 is 1.54 bits per heavy atom. The highest BCUT2D eigenvalue weighted by Crippen LogP contribution is 2.34. The molecule has 0 aliphatic carbocycles. The van der Waals surface area contributed by atoms with Crippen LogP contribution in [0.1, 0.15) is 44.9 Å². The molecule has 148 valence electrons. The van der Waals surface area contributed by atoms with E-state index in [1.54, 1.807) is 6.33 Å². The van der Waals surface area contributed by atoms with E-state index in [-0.39, 0.29) is 6.04 Å². The largest absolute Gasteiger partial charge is 0.377 e. The van der Waals surface area contributed by atoms with Crippen molar-refractivity contribution in [3.8, 4) is 0 Å². The second-order valence-corrected chi connectivity index (χ2v) is 5.77. The van der Waals surface area contributed by atoms with Crippen molar-refractivity contribution in [2.45, 2.75) is 40.3 Å². The molecule has 0 saturated heterocycles. The van der Waals surface area contributed by atoms with E-state index in [1.807, 2.05) is 52.0 Å². The van der Waals surface area contributed by atoms with E-state index >= 15 is 0 Å². The van der Waals surface area contributed by atoms with Crippen molar-refractivity contribution >= 4 is 17.3 Å². The van der Waals surface area contributed by atoms with Gasteiger partial charge in [-0.15, -0.1) is 0 Å². The summed E-state index contributed by atoms with van der Waals surface area (Å²) in [5.74, 6) is 1.66. The van der Waals surface area contributed by atoms with Gasteiger partial charge in [0.2, 0.25) is 0 Å². The summed E-state index contributed by atoms with van der Waals surface area (Å²) >= 11 is 0. The second-order valence-electron chi connectivity index (χ2n) is 5.77. The zero-order valence-electron chi connectivity index (χ0n) is 17.2. The van der Waals surface area contributed by atoms with Gasteiger partial charge in [-0.3, -0.25) is 0 Å². The lowest BCUT2D eigenvalue weighted by Crippen LogP contribution is -2.27. The molecule has 1 unspecified atom stereocenters. The molecule has 1 aliphatic rings. The summed E-state index contributed by atoms with van der Waals surface area (Å²) in [4.78, 5) is 8.77. The zero-order chi connectivity index (χ0) is 20.2. The summed E-state index contributed by atoms with van der Waals surface area (Å²) in [6.07, 6.45) is 1.59. The molecule has 28 heavy (non-hydrogen) atoms. The minimum Gasteiger partial charge on any atom is -0.377 e. The molecule has 1 aliphatic heterocycles. The van der Waals surface area contributed by atoms with Gasteiger partial charge >= 0.3 is 0 Å². The first kappa shape index (κ1) is 21.2. The molecule has 0 fully saturated rings. The van der Waals surface area contributed by atoms with Gasteiger partial charge in [-0.2, -0.15) is 0 Å². The lowest BCUT2D eigenvalue weighted by atomic mass is 10.1. The van der Waals surface area contributed by atoms with E-state index in [9.17, 15) is 0 Å². The maximum Gasteiger partial charge on any atom is 0.155 e. The van der Waals surface area contributed by atoms with Crippen molar-refractivity contribution in [3.05, 3.63) is 78.1 Å². The summed E-state index contributed by atoms with van der Waals surface area (Å²) in [6, 6.07) is 20.9. The smallest absolute Gasteiger partial charge is 0.155 e. The topological polar surface area (TPSA) is 61.9 Å². The predicted molar refractivity (Wildman–Crippen MR) is 120 cm³/mol. The van der Waals surface area contributed by atoms with Crippen LogP contribution >= 0.6 is 0 Å². The highest BCUT2D eigenvalue weighted by Gasteiger charge is 2.22. The van der Waals surface area contributed by atoms with Crippen molar-refractivity contribution in [2.24, 2.45) is 0 Å². The highest BCUT2D eigenvalue weighted by atomic mass is 15.2. The Hall–Kier alpha value is -3.08. The molecule has 2 aromatic carbocycles. The Balaban J connectivity index is 0.000000660. The van der Waals surface area contributed by atoms with E-state index in [2.05, 4.69) is 62.3 Å². The van der Waals surface area contributed by atoms with E-state index in [0.29, 0.717) is 0 Å². The van der Waals surface area contributed by atoms with Crippen LogP contribution < -0.4 is 16.0 Å². The van der Waals surface area contributed by atoms with Crippen molar-refractivity contribution in [2.75, 3.05) is 22.5 Å². The van der Waals surface area contributed by atoms with Crippen LogP contribution in [0.5, 0.6) is 0 Å². The lowest BCUT2D eigenvalue weighted by Gasteiger charge is -2.28. The molecule has 0 amide bonds. The summed E-state index contributed by atoms with van der Waals surface area (Å²) in [7, 11) is 0. The molecule has 1 aromatic heterocycles. The van der Waals surface area contributed by atoms with Crippen LogP contribution in [0.2, 0.25) is 0 Å². The Labute approximate surface area is 168 Å². The molecular formula is C23H31N5. The average molecular weight is 378 g/mol. The summed E-state index contributed by atoms with van der Waals surface area (Å²) in [5.41, 5.74) is 3.39. The second kappa shape index (κ2) is 11.6. The van der Waals surface area contributed by atoms with E-state index in [1.165, 1.54) is 11.1 Å². The number of anilines is 3. The number of nitrogens with zero attached hydrogens (tertiary/aromatic N) is 2. The molecule has 3 N–H and O–H groups in total. The highest BCUT2D eigenvalue weighted by molar-refractivity contribution is 5.78. The van der Waals surface area contributed by atoms with Gasteiger partial charge < -0.3 is 16.0 Å². The first-order chi connectivity index (χ1) is 13.9. The first-order valence-corrected chi connectivity index (χ1v) is 10.1. The van der Waals surface area contributed by atoms with Crippen molar-refractivity contribution in [1.82, 2.24) is 9.97 Å². The van der Waals surface area contributed by atoms with Crippen LogP contribution in [0, 0.1) is 0 Å². The third-order valence-corrected chi connectivity index (χ3v) is 4.15. The normalized spacial score (nSPS) is 13.9. The van der Waals surface area contributed by atoms with Crippen molar-refractivity contribution in [1.29, 1.82) is 0 Å². The average Bonchev–Trinajstić information content (AvgIpc) is 2.81. The SMILES string of the molecule is CC.CC.c1ccc(CNc2ncnc3c2NCC(c2ccccc2)N3)cc1. The molecule has 4 rings (SSSR count). The van der Waals surface area contributed by atoms with Crippen LogP contribution in [0.3, 0.4) is 0 Å². The van der Waals surface area contributed by atoms with Gasteiger partial charge in [0, 0.05) is 13.1 Å². The third kappa shape index (κ3) is 5.46. The third-order valence-electron chi connectivity index (χ3n) is 4.15. The van der Waals surface area contributed by atoms with Crippen LogP contribution in [-0.4, -0.2) is 16.5 Å². The van der Waals surface area contributed by atoms with Crippen LogP contribution in [0.25, 0.3) is 0 Å². The Kier molecular flexibility index (Phi) is 8.79. The quantitative estimate of drug-likeness (QED) is 0.543. The van der Waals surface area contributed by atoms with Crippen LogP contribution in [0.15, 0.2) is 67.0 Å². The Morgan fingerprint density at radius 3 is 2.21 bits per heavy atom. The molecule has 0 bridgehead atoms. The van der Waals surface area contributed by atoms with Gasteiger partial charge in [-0.1, -0.05) is 88.4 Å². The van der Waals surface area contributed by atoms with Gasteiger partial charge in [-0.05, 0) is 11.1 Å². The minimum absolute atomic E-state index is 0.204. The molecular weight excluding hydrogens is 346 g/mol. The van der Waals surface area contributed by atoms with E-state index in [0.717, 1.165) is 30.4 Å². The molecule has 3 aromatic rings. The fourth-order valence-electron chi connectivity index (χ4n) is 2.88.